The molecule has 0 saturated heterocycles. The number of hydrogen-bond donors (Lipinski definition) is 4. The van der Waals surface area contributed by atoms with Crippen molar-refractivity contribution in [3.63, 3.8) is 0 Å². The van der Waals surface area contributed by atoms with Gasteiger partial charge in [-0.25, -0.2) is 0 Å². The molecule has 1 aliphatic heterocycles. The SMILES string of the molecule is Cc1ccc(Nc2nc3c(c(=O)[nH]2)C(C(=O)Nc2ccc(C)c(C)c2)CC(=O)N3)cc1. The number of hydrogen-bond acceptors (Lipinski definition) is 5. The lowest BCUT2D eigenvalue weighted by Gasteiger charge is -2.23. The Morgan fingerprint density at radius 1 is 1.00 bits per heavy atom. The molecule has 3 aromatic rings. The first-order chi connectivity index (χ1) is 14.8. The highest BCUT2D eigenvalue weighted by molar-refractivity contribution is 6.04. The Kier molecular flexibility index (Phi) is 5.29. The fourth-order valence-corrected chi connectivity index (χ4v) is 3.48. The molecule has 1 unspecified atom stereocenters. The van der Waals surface area contributed by atoms with E-state index in [1.165, 1.54) is 0 Å². The van der Waals surface area contributed by atoms with Gasteiger partial charge in [0.1, 0.15) is 5.82 Å². The third-order valence-corrected chi connectivity index (χ3v) is 5.36. The maximum Gasteiger partial charge on any atom is 0.258 e. The van der Waals surface area contributed by atoms with Gasteiger partial charge in [-0.2, -0.15) is 4.98 Å². The van der Waals surface area contributed by atoms with Crippen LogP contribution in [-0.2, 0) is 9.59 Å². The van der Waals surface area contributed by atoms with E-state index in [0.717, 1.165) is 22.4 Å². The summed E-state index contributed by atoms with van der Waals surface area (Å²) in [6, 6.07) is 13.1. The van der Waals surface area contributed by atoms with Crippen LogP contribution in [0.5, 0.6) is 0 Å². The maximum atomic E-state index is 12.9. The van der Waals surface area contributed by atoms with Crippen LogP contribution < -0.4 is 21.5 Å². The van der Waals surface area contributed by atoms with Crippen LogP contribution in [-0.4, -0.2) is 21.8 Å². The third kappa shape index (κ3) is 4.32. The van der Waals surface area contributed by atoms with E-state index < -0.39 is 17.4 Å². The lowest BCUT2D eigenvalue weighted by Crippen LogP contribution is -2.36. The molecule has 4 N–H and O–H groups in total. The fraction of sp³-hybridized carbons (Fsp3) is 0.217. The van der Waals surface area contributed by atoms with Crippen molar-refractivity contribution < 1.29 is 9.59 Å². The fourth-order valence-electron chi connectivity index (χ4n) is 3.48. The highest BCUT2D eigenvalue weighted by Crippen LogP contribution is 2.30. The van der Waals surface area contributed by atoms with Crippen LogP contribution in [0.4, 0.5) is 23.1 Å². The molecular weight excluding hydrogens is 394 g/mol. The van der Waals surface area contributed by atoms with E-state index in [2.05, 4.69) is 25.9 Å². The number of nitrogens with one attached hydrogen (secondary N) is 4. The number of rotatable bonds is 4. The molecule has 4 rings (SSSR count). The molecule has 0 saturated carbocycles. The van der Waals surface area contributed by atoms with Crippen LogP contribution in [0.3, 0.4) is 0 Å². The van der Waals surface area contributed by atoms with Gasteiger partial charge in [-0.05, 0) is 56.2 Å². The monoisotopic (exact) mass is 417 g/mol. The highest BCUT2D eigenvalue weighted by Gasteiger charge is 2.34. The molecule has 0 aliphatic carbocycles. The second kappa shape index (κ2) is 8.06. The number of aryl methyl sites for hydroxylation is 3. The molecular formula is C23H23N5O3. The standard InChI is InChI=1S/C23H23N5O3/c1-12-4-7-15(8-5-12)25-23-27-20-19(22(31)28-23)17(11-18(29)26-20)21(30)24-16-9-6-13(2)14(3)10-16/h4-10,17H,11H2,1-3H3,(H,24,30)(H3,25,26,27,28,29,31). The minimum Gasteiger partial charge on any atom is -0.326 e. The summed E-state index contributed by atoms with van der Waals surface area (Å²) in [5.74, 6) is -1.45. The normalized spacial score (nSPS) is 15.1. The predicted octanol–water partition coefficient (Wildman–Crippen LogP) is 3.50. The van der Waals surface area contributed by atoms with Crippen molar-refractivity contribution in [3.05, 3.63) is 75.1 Å². The molecule has 1 aliphatic rings. The first kappa shape index (κ1) is 20.3. The van der Waals surface area contributed by atoms with Crippen molar-refractivity contribution in [1.82, 2.24) is 9.97 Å². The van der Waals surface area contributed by atoms with Gasteiger partial charge in [-0.15, -0.1) is 0 Å². The Hall–Kier alpha value is -3.94. The molecule has 8 heteroatoms. The average Bonchev–Trinajstić information content (AvgIpc) is 2.71. The van der Waals surface area contributed by atoms with Gasteiger partial charge in [0, 0.05) is 17.8 Å². The number of anilines is 4. The van der Waals surface area contributed by atoms with Crippen LogP contribution in [0, 0.1) is 20.8 Å². The lowest BCUT2D eigenvalue weighted by atomic mass is 9.92. The Morgan fingerprint density at radius 2 is 1.71 bits per heavy atom. The van der Waals surface area contributed by atoms with E-state index in [-0.39, 0.29) is 29.7 Å². The van der Waals surface area contributed by atoms with Crippen molar-refractivity contribution in [3.8, 4) is 0 Å². The van der Waals surface area contributed by atoms with Gasteiger partial charge in [-0.1, -0.05) is 23.8 Å². The molecule has 31 heavy (non-hydrogen) atoms. The number of aromatic nitrogens is 2. The Balaban J connectivity index is 1.63. The number of aromatic amines is 1. The first-order valence-corrected chi connectivity index (χ1v) is 9.96. The quantitative estimate of drug-likeness (QED) is 0.518. The third-order valence-electron chi connectivity index (χ3n) is 5.36. The molecule has 0 fully saturated rings. The Labute approximate surface area is 179 Å². The van der Waals surface area contributed by atoms with E-state index >= 15 is 0 Å². The molecule has 0 spiro atoms. The first-order valence-electron chi connectivity index (χ1n) is 9.96. The number of carbonyl (C=O) groups excluding carboxylic acids is 2. The largest absolute Gasteiger partial charge is 0.326 e. The molecule has 2 amide bonds. The van der Waals surface area contributed by atoms with Crippen LogP contribution in [0.25, 0.3) is 0 Å². The number of amides is 2. The van der Waals surface area contributed by atoms with Crippen molar-refractivity contribution in [1.29, 1.82) is 0 Å². The zero-order valence-corrected chi connectivity index (χ0v) is 17.5. The molecule has 158 valence electrons. The van der Waals surface area contributed by atoms with Crippen LogP contribution in [0.1, 0.15) is 34.6 Å². The molecule has 2 aromatic carbocycles. The van der Waals surface area contributed by atoms with Gasteiger partial charge < -0.3 is 16.0 Å². The van der Waals surface area contributed by atoms with Crippen molar-refractivity contribution in [2.75, 3.05) is 16.0 Å². The Morgan fingerprint density at radius 3 is 2.42 bits per heavy atom. The number of H-pyrrole nitrogens is 1. The number of nitrogens with zero attached hydrogens (tertiary/aromatic N) is 1. The summed E-state index contributed by atoms with van der Waals surface area (Å²) >= 11 is 0. The molecule has 0 bridgehead atoms. The summed E-state index contributed by atoms with van der Waals surface area (Å²) in [6.45, 7) is 5.91. The smallest absolute Gasteiger partial charge is 0.258 e. The van der Waals surface area contributed by atoms with Gasteiger partial charge in [0.2, 0.25) is 17.8 Å². The second-order valence-corrected chi connectivity index (χ2v) is 7.76. The van der Waals surface area contributed by atoms with E-state index in [4.69, 9.17) is 0 Å². The zero-order valence-electron chi connectivity index (χ0n) is 17.5. The van der Waals surface area contributed by atoms with E-state index in [0.29, 0.717) is 5.69 Å². The van der Waals surface area contributed by atoms with Gasteiger partial charge in [-0.3, -0.25) is 19.4 Å². The lowest BCUT2D eigenvalue weighted by molar-refractivity contribution is -0.123. The van der Waals surface area contributed by atoms with Gasteiger partial charge in [0.25, 0.3) is 5.56 Å². The maximum absolute atomic E-state index is 12.9. The van der Waals surface area contributed by atoms with Gasteiger partial charge in [0.05, 0.1) is 11.5 Å². The summed E-state index contributed by atoms with van der Waals surface area (Å²) in [4.78, 5) is 45.0. The van der Waals surface area contributed by atoms with Gasteiger partial charge >= 0.3 is 0 Å². The summed E-state index contributed by atoms with van der Waals surface area (Å²) in [7, 11) is 0. The minimum atomic E-state index is -0.935. The van der Waals surface area contributed by atoms with Crippen LogP contribution >= 0.6 is 0 Å². The van der Waals surface area contributed by atoms with Crippen molar-refractivity contribution >= 4 is 35.0 Å². The second-order valence-electron chi connectivity index (χ2n) is 7.76. The number of carbonyl (C=O) groups is 2. The molecule has 0 radical (unpaired) electrons. The molecule has 1 aromatic heterocycles. The topological polar surface area (TPSA) is 116 Å². The van der Waals surface area contributed by atoms with Crippen molar-refractivity contribution in [2.24, 2.45) is 0 Å². The Bertz CT molecular complexity index is 1230. The highest BCUT2D eigenvalue weighted by atomic mass is 16.2. The number of benzene rings is 2. The van der Waals surface area contributed by atoms with E-state index in [1.54, 1.807) is 6.07 Å². The van der Waals surface area contributed by atoms with E-state index in [9.17, 15) is 14.4 Å². The van der Waals surface area contributed by atoms with Gasteiger partial charge in [0.15, 0.2) is 0 Å². The summed E-state index contributed by atoms with van der Waals surface area (Å²) in [5, 5.41) is 8.44. The predicted molar refractivity (Wildman–Crippen MR) is 120 cm³/mol. The van der Waals surface area contributed by atoms with Crippen LogP contribution in [0.2, 0.25) is 0 Å². The average molecular weight is 417 g/mol. The summed E-state index contributed by atoms with van der Waals surface area (Å²) in [5.41, 5.74) is 4.26. The molecule has 1 atom stereocenters. The summed E-state index contributed by atoms with van der Waals surface area (Å²) < 4.78 is 0. The van der Waals surface area contributed by atoms with Crippen molar-refractivity contribution in [2.45, 2.75) is 33.1 Å². The molecule has 2 heterocycles. The zero-order chi connectivity index (χ0) is 22.1. The minimum absolute atomic E-state index is 0.0925. The van der Waals surface area contributed by atoms with E-state index in [1.807, 2.05) is 57.2 Å². The summed E-state index contributed by atoms with van der Waals surface area (Å²) in [6.07, 6.45) is -0.126. The molecule has 8 nitrogen and oxygen atoms in total. The van der Waals surface area contributed by atoms with Crippen LogP contribution in [0.15, 0.2) is 47.3 Å². The number of fused-ring (bicyclic) bond motifs is 1.